The van der Waals surface area contributed by atoms with Crippen LogP contribution >= 0.6 is 0 Å². The van der Waals surface area contributed by atoms with Crippen molar-refractivity contribution in [2.45, 2.75) is 13.0 Å². The summed E-state index contributed by atoms with van der Waals surface area (Å²) in [4.78, 5) is 24.3. The molecule has 8 nitrogen and oxygen atoms in total. The smallest absolute Gasteiger partial charge is 0.233 e. The number of methoxy groups -OCH3 is 4. The van der Waals surface area contributed by atoms with Crippen molar-refractivity contribution in [3.63, 3.8) is 0 Å². The van der Waals surface area contributed by atoms with E-state index in [2.05, 4.69) is 10.6 Å². The lowest BCUT2D eigenvalue weighted by Crippen LogP contribution is -2.27. The molecule has 0 spiro atoms. The number of anilines is 1. The average molecular weight is 388 g/mol. The lowest BCUT2D eigenvalue weighted by Gasteiger charge is -2.14. The van der Waals surface area contributed by atoms with Crippen LogP contribution in [0.5, 0.6) is 23.0 Å². The van der Waals surface area contributed by atoms with Crippen LogP contribution in [0.4, 0.5) is 5.69 Å². The molecule has 0 aromatic heterocycles. The van der Waals surface area contributed by atoms with Crippen LogP contribution in [0.15, 0.2) is 36.4 Å². The standard InChI is InChI=1S/C20H24N2O6/c1-25-15-8-6-5-7-13(15)12-21-18(23)11-19(24)22-14-9-16(26-2)20(28-4)17(10-14)27-3/h5-10H,11-12H2,1-4H3,(H,21,23)(H,22,24). The van der Waals surface area contributed by atoms with E-state index in [-0.39, 0.29) is 13.0 Å². The van der Waals surface area contributed by atoms with E-state index in [0.29, 0.717) is 28.7 Å². The second kappa shape index (κ2) is 10.1. The van der Waals surface area contributed by atoms with Crippen LogP contribution in [0.3, 0.4) is 0 Å². The lowest BCUT2D eigenvalue weighted by molar-refractivity contribution is -0.126. The molecule has 0 aliphatic carbocycles. The molecule has 2 aromatic carbocycles. The Balaban J connectivity index is 1.97. The molecule has 0 radical (unpaired) electrons. The van der Waals surface area contributed by atoms with E-state index in [1.165, 1.54) is 21.3 Å². The maximum atomic E-state index is 12.2. The maximum Gasteiger partial charge on any atom is 0.233 e. The molecule has 28 heavy (non-hydrogen) atoms. The van der Waals surface area contributed by atoms with Gasteiger partial charge in [-0.25, -0.2) is 0 Å². The van der Waals surface area contributed by atoms with Gasteiger partial charge in [0, 0.05) is 29.9 Å². The van der Waals surface area contributed by atoms with Gasteiger partial charge in [-0.15, -0.1) is 0 Å². The fraction of sp³-hybridized carbons (Fsp3) is 0.300. The summed E-state index contributed by atoms with van der Waals surface area (Å²) >= 11 is 0. The van der Waals surface area contributed by atoms with Crippen LogP contribution < -0.4 is 29.6 Å². The highest BCUT2D eigenvalue weighted by Crippen LogP contribution is 2.39. The average Bonchev–Trinajstić information content (AvgIpc) is 2.71. The first kappa shape index (κ1) is 20.9. The van der Waals surface area contributed by atoms with Crippen molar-refractivity contribution in [3.05, 3.63) is 42.0 Å². The summed E-state index contributed by atoms with van der Waals surface area (Å²) in [5.74, 6) is 1.01. The van der Waals surface area contributed by atoms with E-state index in [1.54, 1.807) is 25.3 Å². The fourth-order valence-corrected chi connectivity index (χ4v) is 2.61. The fourth-order valence-electron chi connectivity index (χ4n) is 2.61. The number of benzene rings is 2. The molecule has 2 N–H and O–H groups in total. The Morgan fingerprint density at radius 2 is 1.43 bits per heavy atom. The molecular weight excluding hydrogens is 364 g/mol. The molecule has 0 aliphatic rings. The molecule has 0 bridgehead atoms. The number of nitrogens with one attached hydrogen (secondary N) is 2. The number of para-hydroxylation sites is 1. The van der Waals surface area contributed by atoms with Crippen molar-refractivity contribution in [3.8, 4) is 23.0 Å². The van der Waals surface area contributed by atoms with E-state index in [4.69, 9.17) is 18.9 Å². The van der Waals surface area contributed by atoms with Crippen LogP contribution in [0.2, 0.25) is 0 Å². The van der Waals surface area contributed by atoms with Crippen molar-refractivity contribution >= 4 is 17.5 Å². The van der Waals surface area contributed by atoms with Crippen molar-refractivity contribution < 1.29 is 28.5 Å². The van der Waals surface area contributed by atoms with Crippen molar-refractivity contribution in [1.82, 2.24) is 5.32 Å². The number of carbonyl (C=O) groups is 2. The SMILES string of the molecule is COc1ccccc1CNC(=O)CC(=O)Nc1cc(OC)c(OC)c(OC)c1. The number of ether oxygens (including phenoxy) is 4. The minimum atomic E-state index is -0.466. The maximum absolute atomic E-state index is 12.2. The molecule has 0 heterocycles. The van der Waals surface area contributed by atoms with E-state index in [0.717, 1.165) is 5.56 Å². The van der Waals surface area contributed by atoms with Crippen molar-refractivity contribution in [1.29, 1.82) is 0 Å². The molecule has 0 unspecified atom stereocenters. The summed E-state index contributed by atoms with van der Waals surface area (Å²) in [6.45, 7) is 0.264. The summed E-state index contributed by atoms with van der Waals surface area (Å²) in [6, 6.07) is 10.5. The first-order valence-corrected chi connectivity index (χ1v) is 8.50. The van der Waals surface area contributed by atoms with Gasteiger partial charge < -0.3 is 29.6 Å². The lowest BCUT2D eigenvalue weighted by atomic mass is 10.2. The van der Waals surface area contributed by atoms with Crippen LogP contribution in [-0.2, 0) is 16.1 Å². The van der Waals surface area contributed by atoms with Gasteiger partial charge in [0.05, 0.1) is 28.4 Å². The highest BCUT2D eigenvalue weighted by molar-refractivity contribution is 6.03. The van der Waals surface area contributed by atoms with Gasteiger partial charge in [-0.1, -0.05) is 18.2 Å². The summed E-state index contributed by atoms with van der Waals surface area (Å²) in [6.07, 6.45) is -0.328. The zero-order valence-corrected chi connectivity index (χ0v) is 16.3. The zero-order valence-electron chi connectivity index (χ0n) is 16.3. The van der Waals surface area contributed by atoms with E-state index in [1.807, 2.05) is 18.2 Å². The minimum absolute atomic E-state index is 0.264. The van der Waals surface area contributed by atoms with E-state index in [9.17, 15) is 9.59 Å². The van der Waals surface area contributed by atoms with Crippen LogP contribution in [0, 0.1) is 0 Å². The monoisotopic (exact) mass is 388 g/mol. The van der Waals surface area contributed by atoms with Crippen molar-refractivity contribution in [2.24, 2.45) is 0 Å². The number of rotatable bonds is 9. The second-order valence-electron chi connectivity index (χ2n) is 5.73. The van der Waals surface area contributed by atoms with Gasteiger partial charge in [-0.05, 0) is 6.07 Å². The normalized spacial score (nSPS) is 10.0. The third-order valence-corrected chi connectivity index (χ3v) is 3.94. The first-order chi connectivity index (χ1) is 13.5. The summed E-state index contributed by atoms with van der Waals surface area (Å²) in [5, 5.41) is 5.36. The molecule has 150 valence electrons. The topological polar surface area (TPSA) is 95.1 Å². The molecule has 0 fully saturated rings. The Labute approximate surface area is 163 Å². The van der Waals surface area contributed by atoms with Crippen LogP contribution in [0.1, 0.15) is 12.0 Å². The molecule has 8 heteroatoms. The van der Waals surface area contributed by atoms with Crippen molar-refractivity contribution in [2.75, 3.05) is 33.8 Å². The van der Waals surface area contributed by atoms with Gasteiger partial charge in [-0.3, -0.25) is 9.59 Å². The van der Waals surface area contributed by atoms with Crippen LogP contribution in [-0.4, -0.2) is 40.3 Å². The molecule has 2 amide bonds. The highest BCUT2D eigenvalue weighted by atomic mass is 16.5. The quantitative estimate of drug-likeness (QED) is 0.641. The zero-order chi connectivity index (χ0) is 20.5. The molecule has 0 atom stereocenters. The highest BCUT2D eigenvalue weighted by Gasteiger charge is 2.16. The molecule has 0 aliphatic heterocycles. The number of amides is 2. The largest absolute Gasteiger partial charge is 0.496 e. The van der Waals surface area contributed by atoms with Gasteiger partial charge in [0.25, 0.3) is 0 Å². The summed E-state index contributed by atoms with van der Waals surface area (Å²) < 4.78 is 21.0. The third-order valence-electron chi connectivity index (χ3n) is 3.94. The Kier molecular flexibility index (Phi) is 7.50. The van der Waals surface area contributed by atoms with Gasteiger partial charge >= 0.3 is 0 Å². The predicted molar refractivity (Wildman–Crippen MR) is 104 cm³/mol. The van der Waals surface area contributed by atoms with Gasteiger partial charge in [0.2, 0.25) is 17.6 Å². The van der Waals surface area contributed by atoms with E-state index < -0.39 is 11.8 Å². The molecule has 0 saturated heterocycles. The van der Waals surface area contributed by atoms with Gasteiger partial charge in [0.1, 0.15) is 12.2 Å². The summed E-state index contributed by atoms with van der Waals surface area (Å²) in [7, 11) is 6.01. The van der Waals surface area contributed by atoms with Crippen LogP contribution in [0.25, 0.3) is 0 Å². The predicted octanol–water partition coefficient (Wildman–Crippen LogP) is 2.37. The second-order valence-corrected chi connectivity index (χ2v) is 5.73. The first-order valence-electron chi connectivity index (χ1n) is 8.50. The third kappa shape index (κ3) is 5.29. The molecule has 2 rings (SSSR count). The number of hydrogen-bond donors (Lipinski definition) is 2. The molecular formula is C20H24N2O6. The molecule has 0 saturated carbocycles. The van der Waals surface area contributed by atoms with Gasteiger partial charge in [-0.2, -0.15) is 0 Å². The Morgan fingerprint density at radius 1 is 0.821 bits per heavy atom. The number of hydrogen-bond acceptors (Lipinski definition) is 6. The minimum Gasteiger partial charge on any atom is -0.496 e. The molecule has 2 aromatic rings. The van der Waals surface area contributed by atoms with E-state index >= 15 is 0 Å². The Hall–Kier alpha value is -3.42. The Bertz CT molecular complexity index is 812. The number of carbonyl (C=O) groups excluding carboxylic acids is 2. The summed E-state index contributed by atoms with van der Waals surface area (Å²) in [5.41, 5.74) is 1.25. The Morgan fingerprint density at radius 3 is 2.00 bits per heavy atom. The van der Waals surface area contributed by atoms with Gasteiger partial charge in [0.15, 0.2) is 11.5 Å².